The highest BCUT2D eigenvalue weighted by atomic mass is 16.5. The number of benzene rings is 1. The third kappa shape index (κ3) is 5.65. The SMILES string of the molecule is CC1CCN(CCCCCOc2ccccc2)CC1.[H+]. The van der Waals surface area contributed by atoms with Crippen molar-refractivity contribution in [3.8, 4) is 5.75 Å². The number of rotatable bonds is 7. The predicted octanol–water partition coefficient (Wildman–Crippen LogP) is 4.08. The zero-order valence-corrected chi connectivity index (χ0v) is 12.2. The summed E-state index contributed by atoms with van der Waals surface area (Å²) in [5.41, 5.74) is 0. The van der Waals surface area contributed by atoms with E-state index in [2.05, 4.69) is 11.8 Å². The minimum Gasteiger partial charge on any atom is -0.494 e. The molecule has 1 heterocycles. The monoisotopic (exact) mass is 262 g/mol. The molecule has 0 saturated carbocycles. The Morgan fingerprint density at radius 3 is 2.58 bits per heavy atom. The van der Waals surface area contributed by atoms with Gasteiger partial charge in [-0.05, 0) is 69.8 Å². The second kappa shape index (κ2) is 8.21. The summed E-state index contributed by atoms with van der Waals surface area (Å²) >= 11 is 0. The third-order valence-corrected chi connectivity index (χ3v) is 4.01. The molecule has 2 nitrogen and oxygen atoms in total. The van der Waals surface area contributed by atoms with Gasteiger partial charge in [0.05, 0.1) is 6.61 Å². The van der Waals surface area contributed by atoms with E-state index in [4.69, 9.17) is 4.74 Å². The summed E-state index contributed by atoms with van der Waals surface area (Å²) in [6.45, 7) is 7.11. The number of hydrogen-bond donors (Lipinski definition) is 0. The fourth-order valence-corrected chi connectivity index (χ4v) is 2.61. The minimum absolute atomic E-state index is 0. The average Bonchev–Trinajstić information content (AvgIpc) is 2.46. The van der Waals surface area contributed by atoms with Gasteiger partial charge >= 0.3 is 1.43 Å². The normalized spacial score (nSPS) is 17.5. The van der Waals surface area contributed by atoms with Gasteiger partial charge in [0.2, 0.25) is 0 Å². The van der Waals surface area contributed by atoms with Crippen molar-refractivity contribution in [2.75, 3.05) is 26.2 Å². The van der Waals surface area contributed by atoms with Gasteiger partial charge in [-0.3, -0.25) is 0 Å². The standard InChI is InChI=1S/C17H27NO/c1-16-10-13-18(14-11-16)12-6-3-7-15-19-17-8-4-2-5-9-17/h2,4-5,8-9,16H,3,6-7,10-15H2,1H3/p+1. The Morgan fingerprint density at radius 1 is 1.11 bits per heavy atom. The molecule has 0 amide bonds. The summed E-state index contributed by atoms with van der Waals surface area (Å²) in [6, 6.07) is 10.1. The van der Waals surface area contributed by atoms with Crippen LogP contribution < -0.4 is 4.74 Å². The lowest BCUT2D eigenvalue weighted by Crippen LogP contribution is -2.33. The molecule has 0 N–H and O–H groups in total. The number of piperidine rings is 1. The summed E-state index contributed by atoms with van der Waals surface area (Å²) in [5, 5.41) is 0. The molecule has 0 aromatic heterocycles. The Hall–Kier alpha value is -1.02. The first kappa shape index (κ1) is 14.4. The van der Waals surface area contributed by atoms with Crippen LogP contribution in [0.3, 0.4) is 0 Å². The van der Waals surface area contributed by atoms with E-state index in [1.54, 1.807) is 0 Å². The predicted molar refractivity (Wildman–Crippen MR) is 81.7 cm³/mol. The Kier molecular flexibility index (Phi) is 6.22. The lowest BCUT2D eigenvalue weighted by atomic mass is 9.99. The molecule has 0 radical (unpaired) electrons. The van der Waals surface area contributed by atoms with Crippen LogP contribution in [-0.2, 0) is 0 Å². The van der Waals surface area contributed by atoms with Gasteiger partial charge < -0.3 is 9.64 Å². The van der Waals surface area contributed by atoms with Crippen LogP contribution in [0.5, 0.6) is 5.75 Å². The highest BCUT2D eigenvalue weighted by Crippen LogP contribution is 2.16. The lowest BCUT2D eigenvalue weighted by molar-refractivity contribution is 0.187. The van der Waals surface area contributed by atoms with E-state index in [-0.39, 0.29) is 1.43 Å². The maximum atomic E-state index is 5.70. The van der Waals surface area contributed by atoms with Gasteiger partial charge in [0.1, 0.15) is 5.75 Å². The van der Waals surface area contributed by atoms with Gasteiger partial charge in [-0.25, -0.2) is 0 Å². The summed E-state index contributed by atoms with van der Waals surface area (Å²) < 4.78 is 5.70. The van der Waals surface area contributed by atoms with E-state index in [1.807, 2.05) is 30.3 Å². The van der Waals surface area contributed by atoms with E-state index in [0.717, 1.165) is 18.3 Å². The fraction of sp³-hybridized carbons (Fsp3) is 0.647. The Labute approximate surface area is 119 Å². The molecule has 19 heavy (non-hydrogen) atoms. The first-order valence-electron chi connectivity index (χ1n) is 7.75. The molecule has 0 atom stereocenters. The molecule has 0 unspecified atom stereocenters. The summed E-state index contributed by atoms with van der Waals surface area (Å²) in [6.07, 6.45) is 6.53. The van der Waals surface area contributed by atoms with Crippen LogP contribution in [0.2, 0.25) is 0 Å². The fourth-order valence-electron chi connectivity index (χ4n) is 2.61. The second-order valence-electron chi connectivity index (χ2n) is 5.75. The van der Waals surface area contributed by atoms with Crippen molar-refractivity contribution in [3.63, 3.8) is 0 Å². The van der Waals surface area contributed by atoms with Crippen molar-refractivity contribution in [2.24, 2.45) is 5.92 Å². The smallest absolute Gasteiger partial charge is 0.494 e. The number of hydrogen-bond acceptors (Lipinski definition) is 2. The van der Waals surface area contributed by atoms with E-state index in [0.29, 0.717) is 0 Å². The van der Waals surface area contributed by atoms with Crippen molar-refractivity contribution >= 4 is 0 Å². The van der Waals surface area contributed by atoms with E-state index in [1.165, 1.54) is 51.7 Å². The van der Waals surface area contributed by atoms with Gasteiger partial charge in [-0.15, -0.1) is 0 Å². The molecule has 106 valence electrons. The maximum Gasteiger partial charge on any atom is 1.00 e. The molecule has 1 aromatic rings. The summed E-state index contributed by atoms with van der Waals surface area (Å²) in [4.78, 5) is 2.62. The first-order valence-corrected chi connectivity index (χ1v) is 7.75. The van der Waals surface area contributed by atoms with E-state index in [9.17, 15) is 0 Å². The second-order valence-corrected chi connectivity index (χ2v) is 5.75. The summed E-state index contributed by atoms with van der Waals surface area (Å²) in [5.74, 6) is 1.93. The van der Waals surface area contributed by atoms with Crippen molar-refractivity contribution < 1.29 is 6.16 Å². The minimum atomic E-state index is 0. The van der Waals surface area contributed by atoms with Gasteiger partial charge in [0.25, 0.3) is 0 Å². The molecule has 0 spiro atoms. The molecule has 2 heteroatoms. The topological polar surface area (TPSA) is 12.5 Å². The number of nitrogens with zero attached hydrogens (tertiary/aromatic N) is 1. The largest absolute Gasteiger partial charge is 1.00 e. The molecular formula is C17H28NO+. The molecular weight excluding hydrogens is 234 g/mol. The van der Waals surface area contributed by atoms with Crippen LogP contribution in [0.4, 0.5) is 0 Å². The van der Waals surface area contributed by atoms with Crippen LogP contribution in [0.25, 0.3) is 0 Å². The van der Waals surface area contributed by atoms with Crippen LogP contribution in [0.15, 0.2) is 30.3 Å². The van der Waals surface area contributed by atoms with Crippen LogP contribution in [0, 0.1) is 5.92 Å². The highest BCUT2D eigenvalue weighted by molar-refractivity contribution is 5.20. The molecule has 0 bridgehead atoms. The lowest BCUT2D eigenvalue weighted by Gasteiger charge is -2.30. The maximum absolute atomic E-state index is 5.70. The van der Waals surface area contributed by atoms with Crippen LogP contribution >= 0.6 is 0 Å². The Balaban J connectivity index is 0.00000200. The van der Waals surface area contributed by atoms with Crippen molar-refractivity contribution in [1.82, 2.24) is 4.90 Å². The van der Waals surface area contributed by atoms with Gasteiger partial charge in [-0.2, -0.15) is 0 Å². The van der Waals surface area contributed by atoms with Gasteiger partial charge in [0, 0.05) is 0 Å². The number of para-hydroxylation sites is 1. The zero-order chi connectivity index (χ0) is 13.3. The number of likely N-dealkylation sites (tertiary alicyclic amines) is 1. The van der Waals surface area contributed by atoms with Crippen LogP contribution in [-0.4, -0.2) is 31.1 Å². The highest BCUT2D eigenvalue weighted by Gasteiger charge is 2.14. The number of ether oxygens (including phenoxy) is 1. The van der Waals surface area contributed by atoms with Crippen molar-refractivity contribution in [3.05, 3.63) is 30.3 Å². The molecule has 2 rings (SSSR count). The van der Waals surface area contributed by atoms with E-state index >= 15 is 0 Å². The summed E-state index contributed by atoms with van der Waals surface area (Å²) in [7, 11) is 0. The third-order valence-electron chi connectivity index (χ3n) is 4.01. The first-order chi connectivity index (χ1) is 9.34. The molecule has 1 aliphatic heterocycles. The molecule has 1 aliphatic rings. The molecule has 0 aliphatic carbocycles. The van der Waals surface area contributed by atoms with Gasteiger partial charge in [0.15, 0.2) is 0 Å². The van der Waals surface area contributed by atoms with Gasteiger partial charge in [-0.1, -0.05) is 25.1 Å². The molecule has 1 saturated heterocycles. The quantitative estimate of drug-likeness (QED) is 0.687. The zero-order valence-electron chi connectivity index (χ0n) is 13.2. The average molecular weight is 262 g/mol. The Morgan fingerprint density at radius 2 is 1.84 bits per heavy atom. The number of unbranched alkanes of at least 4 members (excludes halogenated alkanes) is 2. The van der Waals surface area contributed by atoms with Crippen LogP contribution in [0.1, 0.15) is 40.5 Å². The van der Waals surface area contributed by atoms with Crippen molar-refractivity contribution in [1.29, 1.82) is 0 Å². The molecule has 1 fully saturated rings. The van der Waals surface area contributed by atoms with Crippen molar-refractivity contribution in [2.45, 2.75) is 39.0 Å². The van der Waals surface area contributed by atoms with E-state index < -0.39 is 0 Å². The molecule has 1 aromatic carbocycles. The Bertz CT molecular complexity index is 336.